The van der Waals surface area contributed by atoms with Gasteiger partial charge in [-0.2, -0.15) is 0 Å². The third kappa shape index (κ3) is 5.23. The predicted octanol–water partition coefficient (Wildman–Crippen LogP) is 1.25. The molecule has 0 aromatic heterocycles. The zero-order valence-electron chi connectivity index (χ0n) is 14.7. The molecule has 1 unspecified atom stereocenters. The van der Waals surface area contributed by atoms with Gasteiger partial charge in [0.2, 0.25) is 11.8 Å². The van der Waals surface area contributed by atoms with E-state index < -0.39 is 6.04 Å². The number of nitrogens with one attached hydrogen (secondary N) is 1. The summed E-state index contributed by atoms with van der Waals surface area (Å²) in [7, 11) is 1.66. The molecule has 6 nitrogen and oxygen atoms in total. The summed E-state index contributed by atoms with van der Waals surface area (Å²) in [6.45, 7) is 7.27. The van der Waals surface area contributed by atoms with Crippen LogP contribution in [0.4, 0.5) is 0 Å². The maximum absolute atomic E-state index is 12.4. The molecule has 0 radical (unpaired) electrons. The van der Waals surface area contributed by atoms with Crippen LogP contribution in [0.1, 0.15) is 25.8 Å². The van der Waals surface area contributed by atoms with Crippen LogP contribution in [0, 0.1) is 0 Å². The van der Waals surface area contributed by atoms with E-state index in [1.807, 2.05) is 17.0 Å². The SMILES string of the molecule is COc1ccc(CN2CCCN(C(=O)C(C)NC(C)=O)CC2)cc1. The Morgan fingerprint density at radius 1 is 1.17 bits per heavy atom. The fourth-order valence-electron chi connectivity index (χ4n) is 2.98. The zero-order valence-corrected chi connectivity index (χ0v) is 14.7. The Labute approximate surface area is 143 Å². The largest absolute Gasteiger partial charge is 0.497 e. The number of benzene rings is 1. The Morgan fingerprint density at radius 3 is 2.50 bits per heavy atom. The standard InChI is InChI=1S/C18H27N3O3/c1-14(19-15(2)22)18(23)21-10-4-9-20(11-12-21)13-16-5-7-17(24-3)8-6-16/h5-8,14H,4,9-13H2,1-3H3,(H,19,22). The van der Waals surface area contributed by atoms with Gasteiger partial charge in [-0.25, -0.2) is 0 Å². The summed E-state index contributed by atoms with van der Waals surface area (Å²) in [5.74, 6) is 0.682. The molecule has 1 atom stereocenters. The van der Waals surface area contributed by atoms with Gasteiger partial charge >= 0.3 is 0 Å². The van der Waals surface area contributed by atoms with Crippen LogP contribution in [0.3, 0.4) is 0 Å². The quantitative estimate of drug-likeness (QED) is 0.881. The van der Waals surface area contributed by atoms with Gasteiger partial charge in [0.1, 0.15) is 11.8 Å². The Morgan fingerprint density at radius 2 is 1.88 bits per heavy atom. The summed E-state index contributed by atoms with van der Waals surface area (Å²) in [4.78, 5) is 27.7. The molecule has 24 heavy (non-hydrogen) atoms. The van der Waals surface area contributed by atoms with Crippen LogP contribution in [-0.4, -0.2) is 60.9 Å². The van der Waals surface area contributed by atoms with Crippen LogP contribution in [0.15, 0.2) is 24.3 Å². The number of hydrogen-bond donors (Lipinski definition) is 1. The number of carbonyl (C=O) groups excluding carboxylic acids is 2. The molecular weight excluding hydrogens is 306 g/mol. The molecule has 2 amide bonds. The number of carbonyl (C=O) groups is 2. The Bertz CT molecular complexity index is 559. The van der Waals surface area contributed by atoms with Crippen LogP contribution in [0.5, 0.6) is 5.75 Å². The average molecular weight is 333 g/mol. The van der Waals surface area contributed by atoms with Gasteiger partial charge in [-0.3, -0.25) is 14.5 Å². The van der Waals surface area contributed by atoms with E-state index in [2.05, 4.69) is 22.3 Å². The molecule has 132 valence electrons. The predicted molar refractivity (Wildman–Crippen MR) is 92.7 cm³/mol. The van der Waals surface area contributed by atoms with Gasteiger partial charge in [0, 0.05) is 39.6 Å². The lowest BCUT2D eigenvalue weighted by atomic mass is 10.2. The molecule has 1 aliphatic heterocycles. The summed E-state index contributed by atoms with van der Waals surface area (Å²) >= 11 is 0. The molecule has 0 bridgehead atoms. The molecule has 1 N–H and O–H groups in total. The van der Waals surface area contributed by atoms with Crippen molar-refractivity contribution in [2.75, 3.05) is 33.3 Å². The van der Waals surface area contributed by atoms with E-state index in [1.165, 1.54) is 12.5 Å². The van der Waals surface area contributed by atoms with E-state index in [-0.39, 0.29) is 11.8 Å². The van der Waals surface area contributed by atoms with E-state index in [4.69, 9.17) is 4.74 Å². The number of rotatable bonds is 5. The lowest BCUT2D eigenvalue weighted by Gasteiger charge is -2.25. The highest BCUT2D eigenvalue weighted by Gasteiger charge is 2.23. The van der Waals surface area contributed by atoms with Gasteiger partial charge in [0.05, 0.1) is 7.11 Å². The van der Waals surface area contributed by atoms with Gasteiger partial charge in [0.25, 0.3) is 0 Å². The fraction of sp³-hybridized carbons (Fsp3) is 0.556. The van der Waals surface area contributed by atoms with E-state index in [0.717, 1.165) is 38.3 Å². The molecule has 1 aromatic carbocycles. The monoisotopic (exact) mass is 333 g/mol. The molecule has 1 aromatic rings. The van der Waals surface area contributed by atoms with E-state index in [0.29, 0.717) is 6.54 Å². The minimum atomic E-state index is -0.462. The van der Waals surface area contributed by atoms with Gasteiger partial charge in [-0.15, -0.1) is 0 Å². The number of ether oxygens (including phenoxy) is 1. The molecule has 0 saturated carbocycles. The second kappa shape index (κ2) is 8.68. The molecule has 1 fully saturated rings. The van der Waals surface area contributed by atoms with Crippen molar-refractivity contribution in [3.63, 3.8) is 0 Å². The summed E-state index contributed by atoms with van der Waals surface area (Å²) < 4.78 is 5.18. The first-order valence-corrected chi connectivity index (χ1v) is 8.40. The lowest BCUT2D eigenvalue weighted by Crippen LogP contribution is -2.47. The number of hydrogen-bond acceptors (Lipinski definition) is 4. The number of methoxy groups -OCH3 is 1. The first-order chi connectivity index (χ1) is 11.5. The second-order valence-electron chi connectivity index (χ2n) is 6.23. The molecule has 1 saturated heterocycles. The first-order valence-electron chi connectivity index (χ1n) is 8.40. The summed E-state index contributed by atoms with van der Waals surface area (Å²) in [5, 5.41) is 2.67. The summed E-state index contributed by atoms with van der Waals surface area (Å²) in [6.07, 6.45) is 0.939. The third-order valence-corrected chi connectivity index (χ3v) is 4.26. The first kappa shape index (κ1) is 18.3. The van der Waals surface area contributed by atoms with E-state index in [1.54, 1.807) is 14.0 Å². The molecule has 6 heteroatoms. The number of amides is 2. The smallest absolute Gasteiger partial charge is 0.244 e. The van der Waals surface area contributed by atoms with Crippen molar-refractivity contribution in [1.82, 2.24) is 15.1 Å². The van der Waals surface area contributed by atoms with Crippen molar-refractivity contribution < 1.29 is 14.3 Å². The van der Waals surface area contributed by atoms with Crippen molar-refractivity contribution in [3.05, 3.63) is 29.8 Å². The molecule has 1 aliphatic rings. The van der Waals surface area contributed by atoms with E-state index >= 15 is 0 Å². The lowest BCUT2D eigenvalue weighted by molar-refractivity contribution is -0.135. The molecule has 0 spiro atoms. The second-order valence-corrected chi connectivity index (χ2v) is 6.23. The summed E-state index contributed by atoms with van der Waals surface area (Å²) in [5.41, 5.74) is 1.24. The van der Waals surface area contributed by atoms with Crippen LogP contribution in [0.25, 0.3) is 0 Å². The van der Waals surface area contributed by atoms with Crippen molar-refractivity contribution in [3.8, 4) is 5.75 Å². The number of nitrogens with zero attached hydrogens (tertiary/aromatic N) is 2. The van der Waals surface area contributed by atoms with Crippen LogP contribution in [-0.2, 0) is 16.1 Å². The Kier molecular flexibility index (Phi) is 6.61. The fourth-order valence-corrected chi connectivity index (χ4v) is 2.98. The minimum absolute atomic E-state index is 0.00324. The van der Waals surface area contributed by atoms with Crippen LogP contribution in [0.2, 0.25) is 0 Å². The van der Waals surface area contributed by atoms with Gasteiger partial charge in [-0.1, -0.05) is 12.1 Å². The van der Waals surface area contributed by atoms with Gasteiger partial charge < -0.3 is 15.0 Å². The van der Waals surface area contributed by atoms with Gasteiger partial charge in [-0.05, 0) is 31.0 Å². The van der Waals surface area contributed by atoms with Crippen molar-refractivity contribution in [2.45, 2.75) is 32.9 Å². The third-order valence-electron chi connectivity index (χ3n) is 4.26. The average Bonchev–Trinajstić information content (AvgIpc) is 2.80. The summed E-state index contributed by atoms with van der Waals surface area (Å²) in [6, 6.07) is 7.63. The minimum Gasteiger partial charge on any atom is -0.497 e. The van der Waals surface area contributed by atoms with Crippen LogP contribution < -0.4 is 10.1 Å². The highest BCUT2D eigenvalue weighted by molar-refractivity contribution is 5.86. The molecule has 1 heterocycles. The van der Waals surface area contributed by atoms with Crippen molar-refractivity contribution in [2.24, 2.45) is 0 Å². The Hall–Kier alpha value is -2.08. The molecule has 0 aliphatic carbocycles. The molecular formula is C18H27N3O3. The molecule has 2 rings (SSSR count). The topological polar surface area (TPSA) is 61.9 Å². The highest BCUT2D eigenvalue weighted by atomic mass is 16.5. The van der Waals surface area contributed by atoms with Crippen molar-refractivity contribution in [1.29, 1.82) is 0 Å². The van der Waals surface area contributed by atoms with Gasteiger partial charge in [0.15, 0.2) is 0 Å². The maximum Gasteiger partial charge on any atom is 0.244 e. The maximum atomic E-state index is 12.4. The van der Waals surface area contributed by atoms with Crippen molar-refractivity contribution >= 4 is 11.8 Å². The van der Waals surface area contributed by atoms with E-state index in [9.17, 15) is 9.59 Å². The Balaban J connectivity index is 1.87. The zero-order chi connectivity index (χ0) is 17.5. The highest BCUT2D eigenvalue weighted by Crippen LogP contribution is 2.14. The normalized spacial score (nSPS) is 17.0. The van der Waals surface area contributed by atoms with Crippen LogP contribution >= 0.6 is 0 Å².